The highest BCUT2D eigenvalue weighted by Gasteiger charge is 2.36. The molecule has 0 amide bonds. The van der Waals surface area contributed by atoms with Crippen LogP contribution >= 0.6 is 0 Å². The van der Waals surface area contributed by atoms with Crippen LogP contribution in [0.5, 0.6) is 0 Å². The maximum Gasteiger partial charge on any atom is 0.390 e. The zero-order valence-corrected chi connectivity index (χ0v) is 12.6. The summed E-state index contributed by atoms with van der Waals surface area (Å²) in [5.41, 5.74) is -0.994. The monoisotopic (exact) mass is 298 g/mol. The molecule has 0 fully saturated rings. The molecule has 7 heteroatoms. The summed E-state index contributed by atoms with van der Waals surface area (Å²) >= 11 is 0. The Kier molecular flexibility index (Phi) is 8.12. The van der Waals surface area contributed by atoms with Crippen molar-refractivity contribution in [3.8, 4) is 0 Å². The minimum absolute atomic E-state index is 0.147. The molecule has 4 nitrogen and oxygen atoms in total. The minimum Gasteiger partial charge on any atom is -0.465 e. The van der Waals surface area contributed by atoms with E-state index in [1.54, 1.807) is 20.9 Å². The molecule has 1 atom stereocenters. The Morgan fingerprint density at radius 2 is 1.90 bits per heavy atom. The maximum absolute atomic E-state index is 12.2. The fourth-order valence-electron chi connectivity index (χ4n) is 1.82. The number of nitrogens with zero attached hydrogens (tertiary/aromatic N) is 1. The second-order valence-electron chi connectivity index (χ2n) is 5.08. The third kappa shape index (κ3) is 7.69. The molecule has 1 N–H and O–H groups in total. The Balaban J connectivity index is 4.58. The summed E-state index contributed by atoms with van der Waals surface area (Å²) in [5, 5.41) is 3.06. The minimum atomic E-state index is -4.19. The molecule has 0 aromatic heterocycles. The normalized spacial score (nSPS) is 15.2. The molecule has 0 aliphatic rings. The molecule has 0 heterocycles. The molecule has 0 bridgehead atoms. The van der Waals surface area contributed by atoms with E-state index in [0.717, 1.165) is 6.42 Å². The Labute approximate surface area is 118 Å². The lowest BCUT2D eigenvalue weighted by Gasteiger charge is -2.32. The lowest BCUT2D eigenvalue weighted by Crippen LogP contribution is -2.57. The second kappa shape index (κ2) is 8.46. The van der Waals surface area contributed by atoms with Gasteiger partial charge in [0.25, 0.3) is 0 Å². The number of esters is 1. The van der Waals surface area contributed by atoms with Gasteiger partial charge in [-0.05, 0) is 33.9 Å². The molecule has 0 radical (unpaired) electrons. The predicted molar refractivity (Wildman–Crippen MR) is 71.5 cm³/mol. The van der Waals surface area contributed by atoms with Gasteiger partial charge in [0.15, 0.2) is 0 Å². The van der Waals surface area contributed by atoms with Crippen LogP contribution in [-0.4, -0.2) is 55.9 Å². The van der Waals surface area contributed by atoms with Gasteiger partial charge in [0.1, 0.15) is 5.54 Å². The highest BCUT2D eigenvalue weighted by atomic mass is 19.4. The molecular formula is C13H25F3N2O2. The van der Waals surface area contributed by atoms with E-state index in [-0.39, 0.29) is 19.7 Å². The summed E-state index contributed by atoms with van der Waals surface area (Å²) in [7, 11) is 1.57. The molecule has 0 spiro atoms. The first-order chi connectivity index (χ1) is 9.14. The molecule has 0 aromatic carbocycles. The molecule has 0 saturated heterocycles. The number of likely N-dealkylation sites (N-methyl/N-ethyl adjacent to an activating group) is 1. The van der Waals surface area contributed by atoms with Crippen molar-refractivity contribution < 1.29 is 22.7 Å². The van der Waals surface area contributed by atoms with Crippen LogP contribution in [0.25, 0.3) is 0 Å². The molecule has 0 rings (SSSR count). The molecule has 0 aliphatic heterocycles. The van der Waals surface area contributed by atoms with Crippen LogP contribution in [0.15, 0.2) is 0 Å². The topological polar surface area (TPSA) is 41.6 Å². The Hall–Kier alpha value is -0.820. The highest BCUT2D eigenvalue weighted by Crippen LogP contribution is 2.20. The van der Waals surface area contributed by atoms with Crippen molar-refractivity contribution in [1.29, 1.82) is 0 Å². The average Bonchev–Trinajstić information content (AvgIpc) is 2.33. The van der Waals surface area contributed by atoms with Crippen molar-refractivity contribution in [1.82, 2.24) is 10.2 Å². The van der Waals surface area contributed by atoms with Gasteiger partial charge in [0.2, 0.25) is 0 Å². The van der Waals surface area contributed by atoms with E-state index >= 15 is 0 Å². The number of hydrogen-bond acceptors (Lipinski definition) is 4. The van der Waals surface area contributed by atoms with E-state index in [1.807, 2.05) is 6.92 Å². The first kappa shape index (κ1) is 19.2. The van der Waals surface area contributed by atoms with Gasteiger partial charge in [0.05, 0.1) is 13.0 Å². The lowest BCUT2D eigenvalue weighted by atomic mass is 10.0. The smallest absolute Gasteiger partial charge is 0.390 e. The van der Waals surface area contributed by atoms with E-state index in [2.05, 4.69) is 5.32 Å². The van der Waals surface area contributed by atoms with Gasteiger partial charge in [-0.2, -0.15) is 13.2 Å². The number of carbonyl (C=O) groups is 1. The van der Waals surface area contributed by atoms with Crippen LogP contribution in [0.2, 0.25) is 0 Å². The van der Waals surface area contributed by atoms with E-state index in [0.29, 0.717) is 6.54 Å². The summed E-state index contributed by atoms with van der Waals surface area (Å²) in [5.74, 6) is -0.438. The van der Waals surface area contributed by atoms with E-state index in [4.69, 9.17) is 4.74 Å². The predicted octanol–water partition coefficient (Wildman–Crippen LogP) is 2.19. The molecule has 0 aliphatic carbocycles. The fraction of sp³-hybridized carbons (Fsp3) is 0.923. The first-order valence-electron chi connectivity index (χ1n) is 6.82. The Morgan fingerprint density at radius 1 is 1.30 bits per heavy atom. The number of alkyl halides is 3. The van der Waals surface area contributed by atoms with Gasteiger partial charge >= 0.3 is 12.1 Å². The number of ether oxygens (including phenoxy) is 1. The van der Waals surface area contributed by atoms with Crippen molar-refractivity contribution in [2.75, 3.05) is 33.3 Å². The molecule has 0 saturated carbocycles. The average molecular weight is 298 g/mol. The van der Waals surface area contributed by atoms with Crippen molar-refractivity contribution in [3.63, 3.8) is 0 Å². The third-order valence-corrected chi connectivity index (χ3v) is 2.85. The highest BCUT2D eigenvalue weighted by molar-refractivity contribution is 5.80. The number of halogens is 3. The lowest BCUT2D eigenvalue weighted by molar-refractivity contribution is -0.152. The van der Waals surface area contributed by atoms with Crippen molar-refractivity contribution >= 4 is 5.97 Å². The van der Waals surface area contributed by atoms with Gasteiger partial charge in [0, 0.05) is 13.1 Å². The molecule has 1 unspecified atom stereocenters. The number of nitrogens with one attached hydrogen (secondary N) is 1. The van der Waals surface area contributed by atoms with Crippen LogP contribution < -0.4 is 5.32 Å². The van der Waals surface area contributed by atoms with Crippen molar-refractivity contribution in [2.45, 2.75) is 45.3 Å². The van der Waals surface area contributed by atoms with Gasteiger partial charge < -0.3 is 15.0 Å². The maximum atomic E-state index is 12.2. The van der Waals surface area contributed by atoms with Crippen LogP contribution in [0.1, 0.15) is 33.6 Å². The summed E-state index contributed by atoms with van der Waals surface area (Å²) in [6, 6.07) is 0. The van der Waals surface area contributed by atoms with E-state index in [9.17, 15) is 18.0 Å². The fourth-order valence-corrected chi connectivity index (χ4v) is 1.82. The Bertz CT molecular complexity index is 298. The van der Waals surface area contributed by atoms with Crippen LogP contribution in [0, 0.1) is 0 Å². The van der Waals surface area contributed by atoms with Gasteiger partial charge in [-0.3, -0.25) is 4.79 Å². The second-order valence-corrected chi connectivity index (χ2v) is 5.08. The van der Waals surface area contributed by atoms with E-state index in [1.165, 1.54) is 4.90 Å². The van der Waals surface area contributed by atoms with Crippen LogP contribution in [0.4, 0.5) is 13.2 Å². The van der Waals surface area contributed by atoms with Gasteiger partial charge in [-0.15, -0.1) is 0 Å². The molecule has 120 valence electrons. The summed E-state index contributed by atoms with van der Waals surface area (Å²) in [6.45, 7) is 6.17. The number of hydrogen-bond donors (Lipinski definition) is 1. The summed E-state index contributed by atoms with van der Waals surface area (Å²) < 4.78 is 41.6. The number of carbonyl (C=O) groups excluding carboxylic acids is 1. The zero-order chi connectivity index (χ0) is 15.8. The number of rotatable bonds is 9. The largest absolute Gasteiger partial charge is 0.465 e. The zero-order valence-electron chi connectivity index (χ0n) is 12.6. The quantitative estimate of drug-likeness (QED) is 0.663. The SMILES string of the molecule is CCCNC(C)(CN(C)CCC(F)(F)F)C(=O)OCC. The summed E-state index contributed by atoms with van der Waals surface area (Å²) in [4.78, 5) is 13.5. The van der Waals surface area contributed by atoms with Gasteiger partial charge in [-0.25, -0.2) is 0 Å². The third-order valence-electron chi connectivity index (χ3n) is 2.85. The van der Waals surface area contributed by atoms with Crippen LogP contribution in [-0.2, 0) is 9.53 Å². The summed E-state index contributed by atoms with van der Waals surface area (Å²) in [6.07, 6.45) is -4.26. The van der Waals surface area contributed by atoms with Gasteiger partial charge in [-0.1, -0.05) is 6.92 Å². The Morgan fingerprint density at radius 3 is 2.35 bits per heavy atom. The first-order valence-corrected chi connectivity index (χ1v) is 6.82. The standard InChI is InChI=1S/C13H25F3N2O2/c1-5-8-17-12(3,11(19)20-6-2)10-18(4)9-7-13(14,15)16/h17H,5-10H2,1-4H3. The molecular weight excluding hydrogens is 273 g/mol. The molecule has 0 aromatic rings. The molecule has 20 heavy (non-hydrogen) atoms. The van der Waals surface area contributed by atoms with E-state index < -0.39 is 24.1 Å². The van der Waals surface area contributed by atoms with Crippen molar-refractivity contribution in [3.05, 3.63) is 0 Å². The van der Waals surface area contributed by atoms with Crippen LogP contribution in [0.3, 0.4) is 0 Å². The van der Waals surface area contributed by atoms with Crippen molar-refractivity contribution in [2.24, 2.45) is 0 Å².